The Morgan fingerprint density at radius 2 is 1.81 bits per heavy atom. The summed E-state index contributed by atoms with van der Waals surface area (Å²) in [5.74, 6) is 0.961. The van der Waals surface area contributed by atoms with Gasteiger partial charge in [0.05, 0.1) is 11.9 Å². The number of likely N-dealkylation sites (N-methyl/N-ethyl adjacent to an activating group) is 1. The van der Waals surface area contributed by atoms with Crippen LogP contribution in [0.2, 0.25) is 0 Å². The van der Waals surface area contributed by atoms with Gasteiger partial charge in [-0.05, 0) is 50.7 Å². The van der Waals surface area contributed by atoms with Crippen LogP contribution in [0.15, 0.2) is 53.3 Å². The van der Waals surface area contributed by atoms with Gasteiger partial charge in [-0.15, -0.1) is 11.3 Å². The summed E-state index contributed by atoms with van der Waals surface area (Å²) in [4.78, 5) is 24.4. The van der Waals surface area contributed by atoms with E-state index in [0.717, 1.165) is 20.8 Å². The first-order chi connectivity index (χ1) is 14.9. The lowest BCUT2D eigenvalue weighted by atomic mass is 10.0. The lowest BCUT2D eigenvalue weighted by Gasteiger charge is -2.16. The van der Waals surface area contributed by atoms with Crippen molar-refractivity contribution in [3.8, 4) is 16.9 Å². The zero-order valence-corrected chi connectivity index (χ0v) is 18.6. The Labute approximate surface area is 184 Å². The largest absolute Gasteiger partial charge is 0.492 e. The molecular weight excluding hydrogens is 413 g/mol. The number of benzene rings is 2. The van der Waals surface area contributed by atoms with E-state index in [1.807, 2.05) is 37.9 Å². The van der Waals surface area contributed by atoms with E-state index in [9.17, 15) is 9.18 Å². The molecule has 0 aliphatic rings. The van der Waals surface area contributed by atoms with Crippen molar-refractivity contribution >= 4 is 21.6 Å². The average molecular weight is 438 g/mol. The molecule has 0 unspecified atom stereocenters. The van der Waals surface area contributed by atoms with Gasteiger partial charge >= 0.3 is 0 Å². The summed E-state index contributed by atoms with van der Waals surface area (Å²) in [7, 11) is 1.94. The predicted octanol–water partition coefficient (Wildman–Crippen LogP) is 4.92. The number of H-pyrrole nitrogens is 1. The maximum Gasteiger partial charge on any atom is 0.260 e. The van der Waals surface area contributed by atoms with Gasteiger partial charge in [-0.25, -0.2) is 9.37 Å². The van der Waals surface area contributed by atoms with E-state index in [1.54, 1.807) is 23.5 Å². The molecule has 0 saturated heterocycles. The predicted molar refractivity (Wildman–Crippen MR) is 123 cm³/mol. The molecule has 5 nitrogen and oxygen atoms in total. The minimum atomic E-state index is -0.288. The molecule has 0 aliphatic carbocycles. The van der Waals surface area contributed by atoms with Gasteiger partial charge < -0.3 is 9.72 Å². The van der Waals surface area contributed by atoms with Crippen LogP contribution in [-0.4, -0.2) is 35.1 Å². The zero-order valence-electron chi connectivity index (χ0n) is 17.7. The number of fused-ring (bicyclic) bond motifs is 1. The highest BCUT2D eigenvalue weighted by Crippen LogP contribution is 2.35. The number of rotatable bonds is 7. The number of aromatic amines is 1. The molecule has 1 N–H and O–H groups in total. The molecule has 0 saturated carbocycles. The van der Waals surface area contributed by atoms with Crippen molar-refractivity contribution in [1.29, 1.82) is 0 Å². The van der Waals surface area contributed by atoms with Crippen molar-refractivity contribution in [2.75, 3.05) is 20.2 Å². The molecule has 2 aromatic carbocycles. The third kappa shape index (κ3) is 4.84. The van der Waals surface area contributed by atoms with Crippen LogP contribution in [0.1, 0.15) is 16.3 Å². The Morgan fingerprint density at radius 3 is 2.52 bits per heavy atom. The molecular formula is C24H24FN3O2S. The second-order valence-electron chi connectivity index (χ2n) is 7.63. The van der Waals surface area contributed by atoms with Crippen LogP contribution in [0.5, 0.6) is 5.75 Å². The number of halogens is 1. The van der Waals surface area contributed by atoms with Gasteiger partial charge in [-0.1, -0.05) is 29.8 Å². The van der Waals surface area contributed by atoms with Gasteiger partial charge in [0.15, 0.2) is 0 Å². The highest BCUT2D eigenvalue weighted by molar-refractivity contribution is 7.19. The van der Waals surface area contributed by atoms with Crippen molar-refractivity contribution in [1.82, 2.24) is 14.9 Å². The zero-order chi connectivity index (χ0) is 22.0. The van der Waals surface area contributed by atoms with E-state index in [1.165, 1.54) is 17.7 Å². The summed E-state index contributed by atoms with van der Waals surface area (Å²) >= 11 is 1.54. The molecule has 0 bridgehead atoms. The summed E-state index contributed by atoms with van der Waals surface area (Å²) in [6, 6.07) is 14.2. The van der Waals surface area contributed by atoms with Gasteiger partial charge in [-0.2, -0.15) is 0 Å². The van der Waals surface area contributed by atoms with Crippen LogP contribution in [0.3, 0.4) is 0 Å². The molecule has 0 atom stereocenters. The normalized spacial score (nSPS) is 11.4. The number of nitrogens with one attached hydrogen (secondary N) is 1. The fraction of sp³-hybridized carbons (Fsp3) is 0.250. The molecule has 0 radical (unpaired) electrons. The number of ether oxygens (including phenoxy) is 1. The standard InChI is InChI=1S/C24H24FN3O2S/c1-15-4-6-17(7-5-15)21-16(2)31-24-22(21)23(29)26-20(27-24)14-28(3)12-13-30-19-10-8-18(25)9-11-19/h4-11H,12-14H2,1-3H3,(H,26,27,29). The second kappa shape index (κ2) is 8.99. The number of thiophene rings is 1. The number of nitrogens with zero attached hydrogens (tertiary/aromatic N) is 2. The average Bonchev–Trinajstić information content (AvgIpc) is 3.06. The monoisotopic (exact) mass is 437 g/mol. The molecule has 0 aliphatic heterocycles. The first-order valence-corrected chi connectivity index (χ1v) is 10.9. The van der Waals surface area contributed by atoms with Crippen LogP contribution in [0.4, 0.5) is 4.39 Å². The number of hydrogen-bond donors (Lipinski definition) is 1. The molecule has 0 spiro atoms. The maximum atomic E-state index is 13.0. The van der Waals surface area contributed by atoms with Gasteiger partial charge in [0.1, 0.15) is 28.8 Å². The molecule has 4 aromatic rings. The van der Waals surface area contributed by atoms with Gasteiger partial charge in [-0.3, -0.25) is 9.69 Å². The fourth-order valence-corrected chi connectivity index (χ4v) is 4.56. The molecule has 2 heterocycles. The summed E-state index contributed by atoms with van der Waals surface area (Å²) in [6.45, 7) is 5.65. The summed E-state index contributed by atoms with van der Waals surface area (Å²) in [5, 5.41) is 0.650. The Morgan fingerprint density at radius 1 is 1.10 bits per heavy atom. The lowest BCUT2D eigenvalue weighted by molar-refractivity contribution is 0.229. The van der Waals surface area contributed by atoms with Crippen molar-refractivity contribution in [2.45, 2.75) is 20.4 Å². The topological polar surface area (TPSA) is 58.2 Å². The number of aryl methyl sites for hydroxylation is 2. The first-order valence-electron chi connectivity index (χ1n) is 10.1. The Hall–Kier alpha value is -3.03. The minimum Gasteiger partial charge on any atom is -0.492 e. The van der Waals surface area contributed by atoms with Crippen molar-refractivity contribution < 1.29 is 9.13 Å². The van der Waals surface area contributed by atoms with E-state index < -0.39 is 0 Å². The van der Waals surface area contributed by atoms with E-state index in [0.29, 0.717) is 36.7 Å². The smallest absolute Gasteiger partial charge is 0.260 e. The molecule has 31 heavy (non-hydrogen) atoms. The maximum absolute atomic E-state index is 13.0. The number of aromatic nitrogens is 2. The Kier molecular flexibility index (Phi) is 6.15. The minimum absolute atomic E-state index is 0.115. The van der Waals surface area contributed by atoms with Gasteiger partial charge in [0.25, 0.3) is 5.56 Å². The van der Waals surface area contributed by atoms with Crippen LogP contribution >= 0.6 is 11.3 Å². The lowest BCUT2D eigenvalue weighted by Crippen LogP contribution is -2.26. The third-order valence-electron chi connectivity index (χ3n) is 5.10. The Bertz CT molecular complexity index is 1250. The highest BCUT2D eigenvalue weighted by Gasteiger charge is 2.17. The Balaban J connectivity index is 1.48. The molecule has 0 fully saturated rings. The molecule has 160 valence electrons. The first kappa shape index (κ1) is 21.2. The van der Waals surface area contributed by atoms with Crippen LogP contribution in [-0.2, 0) is 6.54 Å². The van der Waals surface area contributed by atoms with E-state index in [-0.39, 0.29) is 11.4 Å². The molecule has 7 heteroatoms. The highest BCUT2D eigenvalue weighted by atomic mass is 32.1. The van der Waals surface area contributed by atoms with Crippen LogP contribution in [0, 0.1) is 19.7 Å². The SMILES string of the molecule is Cc1ccc(-c2c(C)sc3nc(CN(C)CCOc4ccc(F)cc4)[nH]c(=O)c23)cc1. The van der Waals surface area contributed by atoms with Crippen LogP contribution in [0.25, 0.3) is 21.3 Å². The number of hydrogen-bond acceptors (Lipinski definition) is 5. The molecule has 4 rings (SSSR count). The summed E-state index contributed by atoms with van der Waals surface area (Å²) in [6.07, 6.45) is 0. The summed E-state index contributed by atoms with van der Waals surface area (Å²) in [5.41, 5.74) is 3.06. The fourth-order valence-electron chi connectivity index (χ4n) is 3.49. The molecule has 0 amide bonds. The van der Waals surface area contributed by atoms with Crippen LogP contribution < -0.4 is 10.3 Å². The third-order valence-corrected chi connectivity index (χ3v) is 6.10. The van der Waals surface area contributed by atoms with E-state index in [4.69, 9.17) is 9.72 Å². The summed E-state index contributed by atoms with van der Waals surface area (Å²) < 4.78 is 18.6. The van der Waals surface area contributed by atoms with Crippen molar-refractivity contribution in [2.24, 2.45) is 0 Å². The van der Waals surface area contributed by atoms with Gasteiger partial charge in [0.2, 0.25) is 0 Å². The van der Waals surface area contributed by atoms with E-state index in [2.05, 4.69) is 17.1 Å². The van der Waals surface area contributed by atoms with Crippen molar-refractivity contribution in [3.63, 3.8) is 0 Å². The molecule has 2 aromatic heterocycles. The van der Waals surface area contributed by atoms with E-state index >= 15 is 0 Å². The quantitative estimate of drug-likeness (QED) is 0.446. The van der Waals surface area contributed by atoms with Gasteiger partial charge in [0, 0.05) is 17.0 Å². The van der Waals surface area contributed by atoms with Crippen molar-refractivity contribution in [3.05, 3.63) is 81.0 Å². The second-order valence-corrected chi connectivity index (χ2v) is 8.84.